The summed E-state index contributed by atoms with van der Waals surface area (Å²) >= 11 is 0. The van der Waals surface area contributed by atoms with Gasteiger partial charge in [0, 0.05) is 32.0 Å². The van der Waals surface area contributed by atoms with Crippen LogP contribution in [0.15, 0.2) is 41.3 Å². The highest BCUT2D eigenvalue weighted by molar-refractivity contribution is 6.04. The Morgan fingerprint density at radius 3 is 2.76 bits per heavy atom. The molecule has 7 nitrogen and oxygen atoms in total. The van der Waals surface area contributed by atoms with Crippen molar-refractivity contribution in [3.8, 4) is 0 Å². The Hall–Kier alpha value is -3.09. The number of ether oxygens (including phenoxy) is 1. The Labute approximate surface area is 144 Å². The normalized spacial score (nSPS) is 13.1. The maximum Gasteiger partial charge on any atom is 0.409 e. The van der Waals surface area contributed by atoms with Gasteiger partial charge in [-0.15, -0.1) is 0 Å². The van der Waals surface area contributed by atoms with Gasteiger partial charge in [-0.2, -0.15) is 0 Å². The second-order valence-corrected chi connectivity index (χ2v) is 5.92. The van der Waals surface area contributed by atoms with Crippen LogP contribution in [0.5, 0.6) is 0 Å². The molecule has 1 aromatic carbocycles. The van der Waals surface area contributed by atoms with Crippen molar-refractivity contribution in [1.82, 2.24) is 9.47 Å². The number of nitrogens with zero attached hydrogens (tertiary/aromatic N) is 2. The first-order valence-electron chi connectivity index (χ1n) is 7.91. The summed E-state index contributed by atoms with van der Waals surface area (Å²) in [5.74, 6) is -0.457. The quantitative estimate of drug-likeness (QED) is 0.903. The van der Waals surface area contributed by atoms with Crippen LogP contribution in [0.25, 0.3) is 0 Å². The van der Waals surface area contributed by atoms with Crippen molar-refractivity contribution in [1.29, 1.82) is 0 Å². The van der Waals surface area contributed by atoms with Crippen molar-refractivity contribution in [3.05, 3.63) is 63.6 Å². The lowest BCUT2D eigenvalue weighted by Crippen LogP contribution is -2.35. The van der Waals surface area contributed by atoms with Gasteiger partial charge < -0.3 is 19.5 Å². The zero-order chi connectivity index (χ0) is 18.0. The first kappa shape index (κ1) is 16.8. The van der Waals surface area contributed by atoms with E-state index in [9.17, 15) is 14.4 Å². The highest BCUT2D eigenvalue weighted by Crippen LogP contribution is 2.23. The molecule has 3 rings (SSSR count). The molecule has 1 N–H and O–H groups in total. The van der Waals surface area contributed by atoms with Gasteiger partial charge in [0.15, 0.2) is 0 Å². The first-order chi connectivity index (χ1) is 12.0. The number of anilines is 1. The molecule has 0 saturated heterocycles. The molecule has 0 spiro atoms. The fraction of sp³-hybridized carbons (Fsp3) is 0.278. The van der Waals surface area contributed by atoms with E-state index in [0.717, 1.165) is 17.5 Å². The van der Waals surface area contributed by atoms with Crippen LogP contribution in [-0.4, -0.2) is 35.1 Å². The molecule has 0 saturated carbocycles. The first-order valence-corrected chi connectivity index (χ1v) is 7.91. The van der Waals surface area contributed by atoms with Gasteiger partial charge in [-0.1, -0.05) is 6.07 Å². The SMILES string of the molecule is COC(=O)N1CCc2ccc(NC(=O)c3cccn(C)c3=O)cc2C1. The van der Waals surface area contributed by atoms with Gasteiger partial charge in [-0.3, -0.25) is 9.59 Å². The molecule has 2 aromatic rings. The van der Waals surface area contributed by atoms with Crippen LogP contribution in [0.3, 0.4) is 0 Å². The van der Waals surface area contributed by atoms with Crippen LogP contribution in [0, 0.1) is 0 Å². The zero-order valence-electron chi connectivity index (χ0n) is 14.1. The molecule has 1 aliphatic heterocycles. The molecule has 7 heteroatoms. The molecule has 0 atom stereocenters. The van der Waals surface area contributed by atoms with Crippen molar-refractivity contribution >= 4 is 17.7 Å². The van der Waals surface area contributed by atoms with E-state index < -0.39 is 5.91 Å². The number of methoxy groups -OCH3 is 1. The summed E-state index contributed by atoms with van der Waals surface area (Å²) in [6.45, 7) is 1.03. The molecule has 1 aromatic heterocycles. The Bertz CT molecular complexity index is 888. The van der Waals surface area contributed by atoms with Crippen molar-refractivity contribution in [3.63, 3.8) is 0 Å². The maximum absolute atomic E-state index is 12.4. The number of amides is 2. The smallest absolute Gasteiger partial charge is 0.409 e. The fourth-order valence-electron chi connectivity index (χ4n) is 2.89. The van der Waals surface area contributed by atoms with E-state index >= 15 is 0 Å². The summed E-state index contributed by atoms with van der Waals surface area (Å²) in [5, 5.41) is 2.75. The number of aryl methyl sites for hydroxylation is 1. The Morgan fingerprint density at radius 1 is 1.20 bits per heavy atom. The van der Waals surface area contributed by atoms with Gasteiger partial charge in [-0.05, 0) is 41.8 Å². The van der Waals surface area contributed by atoms with Crippen molar-refractivity contribution in [2.24, 2.45) is 7.05 Å². The minimum Gasteiger partial charge on any atom is -0.453 e. The van der Waals surface area contributed by atoms with E-state index in [1.54, 1.807) is 30.3 Å². The third-order valence-corrected chi connectivity index (χ3v) is 4.28. The number of carbonyl (C=O) groups excluding carboxylic acids is 2. The summed E-state index contributed by atoms with van der Waals surface area (Å²) in [4.78, 5) is 37.7. The van der Waals surface area contributed by atoms with E-state index in [2.05, 4.69) is 5.32 Å². The molecule has 130 valence electrons. The molecular formula is C18H19N3O4. The Morgan fingerprint density at radius 2 is 2.00 bits per heavy atom. The van der Waals surface area contributed by atoms with Gasteiger partial charge in [0.1, 0.15) is 5.56 Å². The third-order valence-electron chi connectivity index (χ3n) is 4.28. The summed E-state index contributed by atoms with van der Waals surface area (Å²) < 4.78 is 6.12. The number of hydrogen-bond donors (Lipinski definition) is 1. The maximum atomic E-state index is 12.4. The van der Waals surface area contributed by atoms with Gasteiger partial charge >= 0.3 is 6.09 Å². The highest BCUT2D eigenvalue weighted by atomic mass is 16.5. The molecule has 0 fully saturated rings. The summed E-state index contributed by atoms with van der Waals surface area (Å²) in [7, 11) is 2.95. The number of benzene rings is 1. The van der Waals surface area contributed by atoms with Crippen molar-refractivity contribution < 1.29 is 14.3 Å². The summed E-state index contributed by atoms with van der Waals surface area (Å²) in [6, 6.07) is 8.71. The predicted molar refractivity (Wildman–Crippen MR) is 92.6 cm³/mol. The highest BCUT2D eigenvalue weighted by Gasteiger charge is 2.21. The second kappa shape index (κ2) is 6.80. The summed E-state index contributed by atoms with van der Waals surface area (Å²) in [6.07, 6.45) is 1.96. The van der Waals surface area contributed by atoms with Crippen molar-refractivity contribution in [2.75, 3.05) is 19.0 Å². The average Bonchev–Trinajstić information content (AvgIpc) is 2.62. The van der Waals surface area contributed by atoms with E-state index in [1.807, 2.05) is 12.1 Å². The van der Waals surface area contributed by atoms with Crippen LogP contribution in [0.4, 0.5) is 10.5 Å². The molecule has 2 amide bonds. The molecule has 25 heavy (non-hydrogen) atoms. The number of carbonyl (C=O) groups is 2. The van der Waals surface area contributed by atoms with Crippen LogP contribution < -0.4 is 10.9 Å². The lowest BCUT2D eigenvalue weighted by Gasteiger charge is -2.28. The Balaban J connectivity index is 1.81. The van der Waals surface area contributed by atoms with Crippen molar-refractivity contribution in [2.45, 2.75) is 13.0 Å². The molecule has 0 radical (unpaired) electrons. The minimum absolute atomic E-state index is 0.0823. The average molecular weight is 341 g/mol. The molecule has 0 aliphatic carbocycles. The minimum atomic E-state index is -0.457. The lowest BCUT2D eigenvalue weighted by molar-refractivity contribution is 0.102. The van der Waals surface area contributed by atoms with E-state index in [0.29, 0.717) is 18.8 Å². The van der Waals surface area contributed by atoms with Gasteiger partial charge in [-0.25, -0.2) is 4.79 Å². The number of fused-ring (bicyclic) bond motifs is 1. The largest absolute Gasteiger partial charge is 0.453 e. The number of hydrogen-bond acceptors (Lipinski definition) is 4. The molecule has 0 bridgehead atoms. The number of nitrogens with one attached hydrogen (secondary N) is 1. The number of rotatable bonds is 2. The van der Waals surface area contributed by atoms with E-state index in [-0.39, 0.29) is 17.2 Å². The molecule has 1 aliphatic rings. The molecule has 0 unspecified atom stereocenters. The second-order valence-electron chi connectivity index (χ2n) is 5.92. The number of pyridine rings is 1. The number of aromatic nitrogens is 1. The molecular weight excluding hydrogens is 322 g/mol. The van der Waals surface area contributed by atoms with Gasteiger partial charge in [0.05, 0.1) is 7.11 Å². The molecule has 2 heterocycles. The van der Waals surface area contributed by atoms with Crippen LogP contribution in [0.2, 0.25) is 0 Å². The third kappa shape index (κ3) is 3.40. The van der Waals surface area contributed by atoms with Crippen LogP contribution >= 0.6 is 0 Å². The van der Waals surface area contributed by atoms with Gasteiger partial charge in [0.2, 0.25) is 0 Å². The zero-order valence-corrected chi connectivity index (χ0v) is 14.1. The van der Waals surface area contributed by atoms with E-state index in [4.69, 9.17) is 4.74 Å². The monoisotopic (exact) mass is 341 g/mol. The van der Waals surface area contributed by atoms with Crippen LogP contribution in [0.1, 0.15) is 21.5 Å². The lowest BCUT2D eigenvalue weighted by atomic mass is 9.99. The van der Waals surface area contributed by atoms with E-state index in [1.165, 1.54) is 17.7 Å². The van der Waals surface area contributed by atoms with Crippen LogP contribution in [-0.2, 0) is 24.8 Å². The topological polar surface area (TPSA) is 80.6 Å². The summed E-state index contributed by atoms with van der Waals surface area (Å²) in [5.41, 5.74) is 2.40. The standard InChI is InChI=1S/C18H19N3O4/c1-20-8-3-4-15(17(20)23)16(22)19-14-6-5-12-7-9-21(18(24)25-2)11-13(12)10-14/h3-6,8,10H,7,9,11H2,1-2H3,(H,19,22). The van der Waals surface area contributed by atoms with Gasteiger partial charge in [0.25, 0.3) is 11.5 Å². The predicted octanol–water partition coefficient (Wildman–Crippen LogP) is 1.76. The Kier molecular flexibility index (Phi) is 4.56. The fourth-order valence-corrected chi connectivity index (χ4v) is 2.89.